The Hall–Kier alpha value is -0.420. The Morgan fingerprint density at radius 1 is 1.50 bits per heavy atom. The monoisotopic (exact) mass is 240 g/mol. The van der Waals surface area contributed by atoms with E-state index in [-0.39, 0.29) is 0 Å². The number of rotatable bonds is 5. The van der Waals surface area contributed by atoms with E-state index in [0.29, 0.717) is 6.04 Å². The van der Waals surface area contributed by atoms with Crippen molar-refractivity contribution in [2.45, 2.75) is 13.0 Å². The van der Waals surface area contributed by atoms with Gasteiger partial charge >= 0.3 is 0 Å². The van der Waals surface area contributed by atoms with Crippen LogP contribution in [0, 0.1) is 0 Å². The predicted molar refractivity (Wildman–Crippen MR) is 68.0 cm³/mol. The second-order valence-corrected chi connectivity index (χ2v) is 5.12. The van der Waals surface area contributed by atoms with Gasteiger partial charge < -0.3 is 10.1 Å². The molecule has 90 valence electrons. The Balaban J connectivity index is 1.63. The van der Waals surface area contributed by atoms with Gasteiger partial charge in [0.1, 0.15) is 0 Å². The molecule has 4 heteroatoms. The van der Waals surface area contributed by atoms with E-state index in [1.54, 1.807) is 0 Å². The van der Waals surface area contributed by atoms with Crippen molar-refractivity contribution in [3.63, 3.8) is 0 Å². The standard InChI is InChI=1S/C12H20N2OS/c1-11(12-3-2-10-16-12)13-4-5-14-6-8-15-9-7-14/h2-3,10-11,13H,4-9H2,1H3/t11-/m1/s1. The van der Waals surface area contributed by atoms with E-state index in [1.807, 2.05) is 11.3 Å². The predicted octanol–water partition coefficient (Wildman–Crippen LogP) is 1.73. The minimum Gasteiger partial charge on any atom is -0.379 e. The van der Waals surface area contributed by atoms with Crippen LogP contribution in [0.4, 0.5) is 0 Å². The van der Waals surface area contributed by atoms with Gasteiger partial charge in [-0.25, -0.2) is 0 Å². The largest absolute Gasteiger partial charge is 0.379 e. The summed E-state index contributed by atoms with van der Waals surface area (Å²) in [7, 11) is 0. The Kier molecular flexibility index (Phi) is 4.78. The highest BCUT2D eigenvalue weighted by Gasteiger charge is 2.10. The normalized spacial score (nSPS) is 19.8. The molecule has 0 bridgehead atoms. The first-order chi connectivity index (χ1) is 7.86. The van der Waals surface area contributed by atoms with E-state index in [9.17, 15) is 0 Å². The zero-order valence-electron chi connectivity index (χ0n) is 9.82. The van der Waals surface area contributed by atoms with Gasteiger partial charge in [0.15, 0.2) is 0 Å². The molecule has 0 amide bonds. The highest BCUT2D eigenvalue weighted by molar-refractivity contribution is 7.10. The van der Waals surface area contributed by atoms with E-state index >= 15 is 0 Å². The summed E-state index contributed by atoms with van der Waals surface area (Å²) in [5, 5.41) is 5.69. The summed E-state index contributed by atoms with van der Waals surface area (Å²) in [5.41, 5.74) is 0. The van der Waals surface area contributed by atoms with Gasteiger partial charge in [0.2, 0.25) is 0 Å². The molecule has 1 aliphatic rings. The average molecular weight is 240 g/mol. The third kappa shape index (κ3) is 3.56. The van der Waals surface area contributed by atoms with E-state index in [0.717, 1.165) is 39.4 Å². The van der Waals surface area contributed by atoms with Crippen molar-refractivity contribution < 1.29 is 4.74 Å². The highest BCUT2D eigenvalue weighted by atomic mass is 32.1. The Bertz CT molecular complexity index is 283. The summed E-state index contributed by atoms with van der Waals surface area (Å²) in [5.74, 6) is 0. The van der Waals surface area contributed by atoms with E-state index in [1.165, 1.54) is 4.88 Å². The first kappa shape index (κ1) is 12.0. The highest BCUT2D eigenvalue weighted by Crippen LogP contribution is 2.17. The molecule has 1 aromatic heterocycles. The van der Waals surface area contributed by atoms with Crippen molar-refractivity contribution in [1.82, 2.24) is 10.2 Å². The summed E-state index contributed by atoms with van der Waals surface area (Å²) < 4.78 is 5.33. The molecule has 0 radical (unpaired) electrons. The van der Waals surface area contributed by atoms with Crippen LogP contribution < -0.4 is 5.32 Å². The number of ether oxygens (including phenoxy) is 1. The minimum absolute atomic E-state index is 0.473. The molecular weight excluding hydrogens is 220 g/mol. The molecule has 0 unspecified atom stereocenters. The number of nitrogens with one attached hydrogen (secondary N) is 1. The van der Waals surface area contributed by atoms with E-state index in [4.69, 9.17) is 4.74 Å². The summed E-state index contributed by atoms with van der Waals surface area (Å²) in [4.78, 5) is 3.87. The fourth-order valence-corrected chi connectivity index (χ4v) is 2.66. The summed E-state index contributed by atoms with van der Waals surface area (Å²) in [6.45, 7) is 8.34. The van der Waals surface area contributed by atoms with Gasteiger partial charge in [0, 0.05) is 37.1 Å². The van der Waals surface area contributed by atoms with Crippen LogP contribution in [0.5, 0.6) is 0 Å². The molecule has 1 aromatic rings. The van der Waals surface area contributed by atoms with Crippen molar-refractivity contribution in [3.05, 3.63) is 22.4 Å². The number of hydrogen-bond acceptors (Lipinski definition) is 4. The van der Waals surface area contributed by atoms with Crippen LogP contribution in [-0.4, -0.2) is 44.3 Å². The van der Waals surface area contributed by atoms with Crippen LogP contribution in [-0.2, 0) is 4.74 Å². The van der Waals surface area contributed by atoms with Crippen LogP contribution in [0.15, 0.2) is 17.5 Å². The first-order valence-corrected chi connectivity index (χ1v) is 6.81. The lowest BCUT2D eigenvalue weighted by atomic mass is 10.3. The van der Waals surface area contributed by atoms with Crippen molar-refractivity contribution >= 4 is 11.3 Å². The summed E-state index contributed by atoms with van der Waals surface area (Å²) in [6, 6.07) is 4.78. The zero-order valence-corrected chi connectivity index (χ0v) is 10.6. The number of morpholine rings is 1. The maximum Gasteiger partial charge on any atom is 0.0594 e. The lowest BCUT2D eigenvalue weighted by molar-refractivity contribution is 0.0382. The zero-order chi connectivity index (χ0) is 11.2. The van der Waals surface area contributed by atoms with Crippen LogP contribution in [0.2, 0.25) is 0 Å². The van der Waals surface area contributed by atoms with E-state index < -0.39 is 0 Å². The van der Waals surface area contributed by atoms with Crippen molar-refractivity contribution in [2.24, 2.45) is 0 Å². The fourth-order valence-electron chi connectivity index (χ4n) is 1.90. The Morgan fingerprint density at radius 2 is 2.31 bits per heavy atom. The van der Waals surface area contributed by atoms with Crippen molar-refractivity contribution in [1.29, 1.82) is 0 Å². The molecule has 2 rings (SSSR count). The third-order valence-electron chi connectivity index (χ3n) is 2.95. The molecule has 1 saturated heterocycles. The van der Waals surface area contributed by atoms with Gasteiger partial charge in [-0.2, -0.15) is 0 Å². The maximum absolute atomic E-state index is 5.33. The lowest BCUT2D eigenvalue weighted by Gasteiger charge is -2.27. The number of hydrogen-bond donors (Lipinski definition) is 1. The third-order valence-corrected chi connectivity index (χ3v) is 4.01. The van der Waals surface area contributed by atoms with Gasteiger partial charge in [-0.05, 0) is 18.4 Å². The Labute approximate surface area is 101 Å². The first-order valence-electron chi connectivity index (χ1n) is 5.93. The summed E-state index contributed by atoms with van der Waals surface area (Å²) in [6.07, 6.45) is 0. The average Bonchev–Trinajstić information content (AvgIpc) is 2.84. The molecule has 1 fully saturated rings. The summed E-state index contributed by atoms with van der Waals surface area (Å²) >= 11 is 1.82. The molecule has 16 heavy (non-hydrogen) atoms. The van der Waals surface area contributed by atoms with Gasteiger partial charge in [0.25, 0.3) is 0 Å². The van der Waals surface area contributed by atoms with Crippen LogP contribution in [0.25, 0.3) is 0 Å². The number of nitrogens with zero attached hydrogens (tertiary/aromatic N) is 1. The molecular formula is C12H20N2OS. The lowest BCUT2D eigenvalue weighted by Crippen LogP contribution is -2.40. The van der Waals surface area contributed by atoms with Gasteiger partial charge in [0.05, 0.1) is 13.2 Å². The molecule has 1 aliphatic heterocycles. The van der Waals surface area contributed by atoms with Crippen molar-refractivity contribution in [2.75, 3.05) is 39.4 Å². The van der Waals surface area contributed by atoms with Crippen molar-refractivity contribution in [3.8, 4) is 0 Å². The quantitative estimate of drug-likeness (QED) is 0.848. The fraction of sp³-hybridized carbons (Fsp3) is 0.667. The molecule has 0 aliphatic carbocycles. The van der Waals surface area contributed by atoms with Gasteiger partial charge in [-0.3, -0.25) is 4.90 Å². The Morgan fingerprint density at radius 3 is 3.00 bits per heavy atom. The van der Waals surface area contributed by atoms with Gasteiger partial charge in [-0.1, -0.05) is 6.07 Å². The SMILES string of the molecule is C[C@@H](NCCN1CCOCC1)c1cccs1. The second-order valence-electron chi connectivity index (χ2n) is 4.15. The second kappa shape index (κ2) is 6.35. The van der Waals surface area contributed by atoms with E-state index in [2.05, 4.69) is 34.7 Å². The molecule has 1 N–H and O–H groups in total. The minimum atomic E-state index is 0.473. The van der Waals surface area contributed by atoms with Crippen LogP contribution in [0.3, 0.4) is 0 Å². The molecule has 2 heterocycles. The smallest absolute Gasteiger partial charge is 0.0594 e. The topological polar surface area (TPSA) is 24.5 Å². The number of thiophene rings is 1. The van der Waals surface area contributed by atoms with Crippen LogP contribution >= 0.6 is 11.3 Å². The molecule has 1 atom stereocenters. The maximum atomic E-state index is 5.33. The van der Waals surface area contributed by atoms with Crippen LogP contribution in [0.1, 0.15) is 17.8 Å². The van der Waals surface area contributed by atoms with Gasteiger partial charge in [-0.15, -0.1) is 11.3 Å². The molecule has 0 spiro atoms. The molecule has 0 saturated carbocycles. The molecule has 0 aromatic carbocycles. The molecule has 3 nitrogen and oxygen atoms in total.